The molecule has 1 atom stereocenters. The monoisotopic (exact) mass is 303 g/mol. The van der Waals surface area contributed by atoms with Crippen LogP contribution in [0.1, 0.15) is 18.4 Å². The maximum Gasteiger partial charge on any atom is 0.175 e. The number of nitrogens with one attached hydrogen (secondary N) is 1. The van der Waals surface area contributed by atoms with Crippen molar-refractivity contribution in [1.29, 1.82) is 0 Å². The fourth-order valence-electron chi connectivity index (χ4n) is 2.05. The van der Waals surface area contributed by atoms with Gasteiger partial charge in [0.25, 0.3) is 0 Å². The Morgan fingerprint density at radius 3 is 2.74 bits per heavy atom. The summed E-state index contributed by atoms with van der Waals surface area (Å²) in [6, 6.07) is 4.85. The van der Waals surface area contributed by atoms with Crippen molar-refractivity contribution in [1.82, 2.24) is 5.32 Å². The highest BCUT2D eigenvalue weighted by Crippen LogP contribution is 2.32. The third kappa shape index (κ3) is 3.92. The first-order valence-corrected chi connectivity index (χ1v) is 8.53. The van der Waals surface area contributed by atoms with Gasteiger partial charge in [0.05, 0.1) is 11.0 Å². The Kier molecular flexibility index (Phi) is 4.50. The average molecular weight is 304 g/mol. The molecule has 0 saturated heterocycles. The van der Waals surface area contributed by atoms with E-state index in [0.717, 1.165) is 12.8 Å². The van der Waals surface area contributed by atoms with Gasteiger partial charge in [0, 0.05) is 29.9 Å². The van der Waals surface area contributed by atoms with Crippen molar-refractivity contribution in [2.75, 3.05) is 12.8 Å². The number of benzene rings is 1. The van der Waals surface area contributed by atoms with Gasteiger partial charge in [-0.2, -0.15) is 0 Å². The zero-order chi connectivity index (χ0) is 14.0. The lowest BCUT2D eigenvalue weighted by molar-refractivity contribution is 0.148. The quantitative estimate of drug-likeness (QED) is 0.838. The van der Waals surface area contributed by atoms with E-state index in [1.54, 1.807) is 18.2 Å². The molecule has 0 bridgehead atoms. The van der Waals surface area contributed by atoms with E-state index >= 15 is 0 Å². The summed E-state index contributed by atoms with van der Waals surface area (Å²) in [5.41, 5.74) is 0.565. The number of sulfone groups is 1. The maximum atomic E-state index is 11.7. The van der Waals surface area contributed by atoms with E-state index in [2.05, 4.69) is 5.32 Å². The predicted molar refractivity (Wildman–Crippen MR) is 75.0 cm³/mol. The van der Waals surface area contributed by atoms with Crippen LogP contribution in [0.3, 0.4) is 0 Å². The third-order valence-electron chi connectivity index (χ3n) is 3.30. The van der Waals surface area contributed by atoms with Crippen LogP contribution in [-0.4, -0.2) is 32.4 Å². The summed E-state index contributed by atoms with van der Waals surface area (Å²) in [4.78, 5) is 0.244. The summed E-state index contributed by atoms with van der Waals surface area (Å²) in [7, 11) is -3.30. The minimum absolute atomic E-state index is 0.244. The molecule has 0 aliphatic heterocycles. The van der Waals surface area contributed by atoms with Crippen LogP contribution in [0.25, 0.3) is 0 Å². The molecule has 1 saturated carbocycles. The van der Waals surface area contributed by atoms with Crippen molar-refractivity contribution >= 4 is 21.4 Å². The van der Waals surface area contributed by atoms with Gasteiger partial charge in [-0.25, -0.2) is 8.42 Å². The Bertz CT molecular complexity index is 555. The zero-order valence-electron chi connectivity index (χ0n) is 10.8. The minimum Gasteiger partial charge on any atom is -0.392 e. The van der Waals surface area contributed by atoms with Gasteiger partial charge in [-0.05, 0) is 30.9 Å². The molecule has 0 radical (unpaired) electrons. The molecule has 1 aliphatic rings. The molecule has 4 nitrogen and oxygen atoms in total. The molecule has 0 heterocycles. The number of hydrogen-bond donors (Lipinski definition) is 2. The van der Waals surface area contributed by atoms with Crippen LogP contribution >= 0.6 is 11.6 Å². The van der Waals surface area contributed by atoms with Crippen LogP contribution in [0.2, 0.25) is 5.02 Å². The first-order chi connectivity index (χ1) is 8.89. The molecule has 2 rings (SSSR count). The van der Waals surface area contributed by atoms with Gasteiger partial charge in [-0.15, -0.1) is 0 Å². The van der Waals surface area contributed by atoms with E-state index in [1.165, 1.54) is 6.26 Å². The van der Waals surface area contributed by atoms with Crippen molar-refractivity contribution in [2.45, 2.75) is 30.4 Å². The van der Waals surface area contributed by atoms with Crippen LogP contribution in [0.15, 0.2) is 23.1 Å². The van der Waals surface area contributed by atoms with Crippen LogP contribution < -0.4 is 5.32 Å². The molecule has 1 aliphatic carbocycles. The normalized spacial score (nSPS) is 17.4. The second-order valence-corrected chi connectivity index (χ2v) is 7.42. The summed E-state index contributed by atoms with van der Waals surface area (Å²) < 4.78 is 23.4. The highest BCUT2D eigenvalue weighted by molar-refractivity contribution is 7.90. The predicted octanol–water partition coefficient (Wildman–Crippen LogP) is 1.60. The minimum atomic E-state index is -3.30. The first kappa shape index (κ1) is 14.8. The molecule has 0 amide bonds. The molecular formula is C13H18ClNO3S. The van der Waals surface area contributed by atoms with Crippen molar-refractivity contribution in [3.63, 3.8) is 0 Å². The van der Waals surface area contributed by atoms with Crippen molar-refractivity contribution in [3.05, 3.63) is 28.8 Å². The third-order valence-corrected chi connectivity index (χ3v) is 4.83. The number of hydrogen-bond acceptors (Lipinski definition) is 4. The summed E-state index contributed by atoms with van der Waals surface area (Å²) >= 11 is 6.06. The van der Waals surface area contributed by atoms with Crippen LogP contribution in [0.5, 0.6) is 0 Å². The number of rotatable bonds is 6. The molecule has 2 N–H and O–H groups in total. The largest absolute Gasteiger partial charge is 0.392 e. The van der Waals surface area contributed by atoms with E-state index < -0.39 is 9.84 Å². The van der Waals surface area contributed by atoms with E-state index in [4.69, 9.17) is 11.6 Å². The second-order valence-electron chi connectivity index (χ2n) is 5.02. The lowest BCUT2D eigenvalue weighted by Gasteiger charge is -2.13. The molecule has 1 unspecified atom stereocenters. The topological polar surface area (TPSA) is 66.4 Å². The summed E-state index contributed by atoms with van der Waals surface area (Å²) in [5, 5.41) is 13.3. The van der Waals surface area contributed by atoms with Crippen molar-refractivity contribution in [2.24, 2.45) is 5.92 Å². The molecule has 6 heteroatoms. The lowest BCUT2D eigenvalue weighted by atomic mass is 10.2. The Balaban J connectivity index is 2.06. The van der Waals surface area contributed by atoms with E-state index in [-0.39, 0.29) is 11.0 Å². The van der Waals surface area contributed by atoms with Crippen LogP contribution in [0.4, 0.5) is 0 Å². The fourth-order valence-corrected chi connectivity index (χ4v) is 3.30. The number of aliphatic hydroxyl groups excluding tert-OH is 1. The molecule has 0 spiro atoms. The molecule has 106 valence electrons. The summed E-state index contributed by atoms with van der Waals surface area (Å²) in [5.74, 6) is 0.396. The fraction of sp³-hybridized carbons (Fsp3) is 0.538. The molecule has 19 heavy (non-hydrogen) atoms. The molecule has 1 aromatic rings. The summed E-state index contributed by atoms with van der Waals surface area (Å²) in [6.45, 7) is 0.797. The van der Waals surface area contributed by atoms with Gasteiger partial charge in [0.2, 0.25) is 0 Å². The SMILES string of the molecule is CS(=O)(=O)c1cccc(Cl)c1CNCC(O)C1CC1. The van der Waals surface area contributed by atoms with E-state index in [0.29, 0.717) is 29.6 Å². The zero-order valence-corrected chi connectivity index (χ0v) is 12.3. The van der Waals surface area contributed by atoms with Crippen molar-refractivity contribution in [3.8, 4) is 0 Å². The lowest BCUT2D eigenvalue weighted by Crippen LogP contribution is -2.28. The van der Waals surface area contributed by atoms with Gasteiger partial charge in [0.1, 0.15) is 0 Å². The Hall–Kier alpha value is -0.620. The first-order valence-electron chi connectivity index (χ1n) is 6.26. The highest BCUT2D eigenvalue weighted by Gasteiger charge is 2.29. The molecule has 0 aromatic heterocycles. The van der Waals surface area contributed by atoms with Gasteiger partial charge in [0.15, 0.2) is 9.84 Å². The molecule has 1 fully saturated rings. The molecule has 1 aromatic carbocycles. The average Bonchev–Trinajstić information content (AvgIpc) is 3.13. The number of aliphatic hydroxyl groups is 1. The summed E-state index contributed by atoms with van der Waals surface area (Å²) in [6.07, 6.45) is 2.96. The Morgan fingerprint density at radius 1 is 1.47 bits per heavy atom. The van der Waals surface area contributed by atoms with Gasteiger partial charge in [-0.3, -0.25) is 0 Å². The Morgan fingerprint density at radius 2 is 2.16 bits per heavy atom. The van der Waals surface area contributed by atoms with E-state index in [1.807, 2.05) is 0 Å². The second kappa shape index (κ2) is 5.79. The molecular weight excluding hydrogens is 286 g/mol. The standard InChI is InChI=1S/C13H18ClNO3S/c1-19(17,18)13-4-2-3-11(14)10(13)7-15-8-12(16)9-5-6-9/h2-4,9,12,15-16H,5-8H2,1H3. The van der Waals surface area contributed by atoms with Crippen molar-refractivity contribution < 1.29 is 13.5 Å². The maximum absolute atomic E-state index is 11.7. The van der Waals surface area contributed by atoms with Gasteiger partial charge < -0.3 is 10.4 Å². The highest BCUT2D eigenvalue weighted by atomic mass is 35.5. The van der Waals surface area contributed by atoms with Gasteiger partial charge in [-0.1, -0.05) is 17.7 Å². The number of halogens is 1. The van der Waals surface area contributed by atoms with E-state index in [9.17, 15) is 13.5 Å². The smallest absolute Gasteiger partial charge is 0.175 e. The van der Waals surface area contributed by atoms with Crippen LogP contribution in [0, 0.1) is 5.92 Å². The Labute approximate surface area is 118 Å². The van der Waals surface area contributed by atoms with Gasteiger partial charge >= 0.3 is 0 Å². The van der Waals surface area contributed by atoms with Crippen LogP contribution in [-0.2, 0) is 16.4 Å².